The Morgan fingerprint density at radius 3 is 2.58 bits per heavy atom. The van der Waals surface area contributed by atoms with E-state index in [4.69, 9.17) is 0 Å². The second-order valence-electron chi connectivity index (χ2n) is 5.54. The van der Waals surface area contributed by atoms with E-state index < -0.39 is 0 Å². The second-order valence-corrected chi connectivity index (χ2v) is 6.98. The minimum Gasteiger partial charge on any atom is -0.327 e. The molecule has 0 N–H and O–H groups in total. The molecule has 6 heteroatoms. The summed E-state index contributed by atoms with van der Waals surface area (Å²) in [6.45, 7) is 3.97. The van der Waals surface area contributed by atoms with Crippen LogP contribution in [0.2, 0.25) is 0 Å². The molecule has 5 nitrogen and oxygen atoms in total. The number of rotatable bonds is 1. The largest absolute Gasteiger partial charge is 0.327 e. The summed E-state index contributed by atoms with van der Waals surface area (Å²) in [7, 11) is 0. The third-order valence-electron chi connectivity index (χ3n) is 3.78. The fourth-order valence-corrected chi connectivity index (χ4v) is 3.43. The van der Waals surface area contributed by atoms with E-state index in [1.54, 1.807) is 23.4 Å². The first-order valence-corrected chi connectivity index (χ1v) is 8.93. The van der Waals surface area contributed by atoms with E-state index in [0.29, 0.717) is 25.6 Å². The Morgan fingerprint density at radius 2 is 1.92 bits per heavy atom. The number of carbonyl (C=O) groups excluding carboxylic acids is 1. The summed E-state index contributed by atoms with van der Waals surface area (Å²) in [5, 5.41) is 0. The van der Waals surface area contributed by atoms with Crippen molar-refractivity contribution in [2.45, 2.75) is 11.0 Å². The summed E-state index contributed by atoms with van der Waals surface area (Å²) in [4.78, 5) is 24.8. The topological polar surface area (TPSA) is 49.3 Å². The van der Waals surface area contributed by atoms with Gasteiger partial charge in [-0.2, -0.15) is 0 Å². The van der Waals surface area contributed by atoms with E-state index in [1.165, 1.54) is 5.56 Å². The molecule has 122 valence electrons. The highest BCUT2D eigenvalue weighted by Gasteiger charge is 2.28. The Balaban J connectivity index is 1.63. The monoisotopic (exact) mass is 432 g/mol. The van der Waals surface area contributed by atoms with Crippen LogP contribution in [0.3, 0.4) is 0 Å². The molecule has 1 amide bonds. The molecule has 24 heavy (non-hydrogen) atoms. The fraction of sp³-hybridized carbons (Fsp3) is 0.278. The number of alkyl halides is 1. The highest BCUT2D eigenvalue weighted by atomic mass is 127. The summed E-state index contributed by atoms with van der Waals surface area (Å²) in [5.74, 6) is 6.26. The number of hydrogen-bond acceptors (Lipinski definition) is 4. The van der Waals surface area contributed by atoms with Crippen molar-refractivity contribution in [1.29, 1.82) is 0 Å². The lowest BCUT2D eigenvalue weighted by molar-refractivity contribution is -0.125. The van der Waals surface area contributed by atoms with Gasteiger partial charge in [0.25, 0.3) is 5.91 Å². The van der Waals surface area contributed by atoms with Crippen molar-refractivity contribution in [3.05, 3.63) is 53.9 Å². The highest BCUT2D eigenvalue weighted by Crippen LogP contribution is 2.20. The number of benzene rings is 1. The number of hydrogen-bond donors (Lipinski definition) is 0. The van der Waals surface area contributed by atoms with E-state index in [-0.39, 0.29) is 9.96 Å². The zero-order chi connectivity index (χ0) is 16.9. The molecule has 1 atom stereocenters. The molecule has 1 fully saturated rings. The zero-order valence-electron chi connectivity index (χ0n) is 13.3. The van der Waals surface area contributed by atoms with Crippen LogP contribution in [-0.4, -0.2) is 44.5 Å². The zero-order valence-corrected chi connectivity index (χ0v) is 15.5. The van der Waals surface area contributed by atoms with Gasteiger partial charge in [0.1, 0.15) is 4.05 Å². The lowest BCUT2D eigenvalue weighted by Gasteiger charge is -2.37. The van der Waals surface area contributed by atoms with Gasteiger partial charge in [-0.1, -0.05) is 46.2 Å². The van der Waals surface area contributed by atoms with Crippen molar-refractivity contribution in [2.24, 2.45) is 0 Å². The maximum Gasteiger partial charge on any atom is 0.298 e. The predicted octanol–water partition coefficient (Wildman–Crippen LogP) is 2.25. The molecule has 1 unspecified atom stereocenters. The maximum absolute atomic E-state index is 12.3. The first-order valence-electron chi connectivity index (χ1n) is 7.69. The summed E-state index contributed by atoms with van der Waals surface area (Å²) in [6, 6.07) is 9.65. The average molecular weight is 432 g/mol. The Morgan fingerprint density at radius 1 is 1.21 bits per heavy atom. The minimum absolute atomic E-state index is 0.129. The van der Waals surface area contributed by atoms with Crippen LogP contribution in [0, 0.1) is 18.8 Å². The predicted molar refractivity (Wildman–Crippen MR) is 102 cm³/mol. The van der Waals surface area contributed by atoms with E-state index >= 15 is 0 Å². The van der Waals surface area contributed by atoms with Gasteiger partial charge in [-0.25, -0.2) is 9.97 Å². The first-order chi connectivity index (χ1) is 11.6. The molecule has 1 aromatic carbocycles. The Kier molecular flexibility index (Phi) is 5.30. The fourth-order valence-electron chi connectivity index (χ4n) is 2.43. The summed E-state index contributed by atoms with van der Waals surface area (Å²) in [6.07, 6.45) is 3.46. The maximum atomic E-state index is 12.3. The Hall–Kier alpha value is -2.14. The first kappa shape index (κ1) is 16.7. The molecule has 0 saturated carbocycles. The smallest absolute Gasteiger partial charge is 0.298 e. The van der Waals surface area contributed by atoms with Crippen molar-refractivity contribution in [3.8, 4) is 11.8 Å². The summed E-state index contributed by atoms with van der Waals surface area (Å²) in [5.41, 5.74) is 2.04. The van der Waals surface area contributed by atoms with Gasteiger partial charge in [0, 0.05) is 37.0 Å². The van der Waals surface area contributed by atoms with Gasteiger partial charge in [0.2, 0.25) is 5.95 Å². The van der Waals surface area contributed by atoms with Crippen LogP contribution in [0.4, 0.5) is 5.95 Å². The molecule has 0 radical (unpaired) electrons. The van der Waals surface area contributed by atoms with Gasteiger partial charge in [0.15, 0.2) is 0 Å². The van der Waals surface area contributed by atoms with Gasteiger partial charge < -0.3 is 9.80 Å². The molecule has 0 aliphatic carbocycles. The summed E-state index contributed by atoms with van der Waals surface area (Å²) < 4.78 is 0.129. The van der Waals surface area contributed by atoms with E-state index in [9.17, 15) is 4.79 Å². The molecule has 3 rings (SSSR count). The molecule has 2 aromatic rings. The van der Waals surface area contributed by atoms with Crippen LogP contribution in [0.5, 0.6) is 0 Å². The quantitative estimate of drug-likeness (QED) is 0.300. The number of carbonyl (C=O) groups is 1. The third kappa shape index (κ3) is 4.03. The lowest BCUT2D eigenvalue weighted by atomic mass is 10.1. The Bertz CT molecular complexity index is 767. The van der Waals surface area contributed by atoms with Gasteiger partial charge in [-0.05, 0) is 25.1 Å². The van der Waals surface area contributed by atoms with Crippen LogP contribution in [0.15, 0.2) is 42.7 Å². The average Bonchev–Trinajstić information content (AvgIpc) is 2.61. The number of halogens is 1. The van der Waals surface area contributed by atoms with E-state index in [2.05, 4.69) is 49.3 Å². The standard InChI is InChI=1S/C18H17IN4O/c1-14-3-5-15(6-4-14)7-8-17(24)22-11-12-23(16(19)13-22)18-20-9-2-10-21-18/h2-6,9-10,16H,11-13H2,1H3. The molecule has 1 saturated heterocycles. The van der Waals surface area contributed by atoms with Gasteiger partial charge in [-0.3, -0.25) is 4.79 Å². The molecule has 1 aromatic heterocycles. The van der Waals surface area contributed by atoms with Crippen molar-refractivity contribution < 1.29 is 4.79 Å². The second kappa shape index (κ2) is 7.62. The third-order valence-corrected chi connectivity index (χ3v) is 4.85. The van der Waals surface area contributed by atoms with Crippen LogP contribution in [0.25, 0.3) is 0 Å². The molecule has 1 aliphatic rings. The number of aromatic nitrogens is 2. The van der Waals surface area contributed by atoms with E-state index in [1.807, 2.05) is 31.2 Å². The van der Waals surface area contributed by atoms with Gasteiger partial charge in [-0.15, -0.1) is 0 Å². The number of anilines is 1. The van der Waals surface area contributed by atoms with E-state index in [0.717, 1.165) is 5.56 Å². The number of amides is 1. The number of piperazine rings is 1. The lowest BCUT2D eigenvalue weighted by Crippen LogP contribution is -2.52. The number of nitrogens with zero attached hydrogens (tertiary/aromatic N) is 4. The van der Waals surface area contributed by atoms with Crippen LogP contribution in [-0.2, 0) is 4.79 Å². The molecule has 0 spiro atoms. The molecule has 1 aliphatic heterocycles. The van der Waals surface area contributed by atoms with Crippen molar-refractivity contribution in [1.82, 2.24) is 14.9 Å². The molecular formula is C18H17IN4O. The normalized spacial score (nSPS) is 17.2. The summed E-state index contributed by atoms with van der Waals surface area (Å²) >= 11 is 2.32. The number of aryl methyl sites for hydroxylation is 1. The molecule has 0 bridgehead atoms. The van der Waals surface area contributed by atoms with Crippen LogP contribution in [0.1, 0.15) is 11.1 Å². The molecular weight excluding hydrogens is 415 g/mol. The van der Waals surface area contributed by atoms with Crippen molar-refractivity contribution >= 4 is 34.4 Å². The van der Waals surface area contributed by atoms with Crippen LogP contribution < -0.4 is 4.90 Å². The SMILES string of the molecule is Cc1ccc(C#CC(=O)N2CCN(c3ncccn3)C(I)C2)cc1. The van der Waals surface area contributed by atoms with Crippen molar-refractivity contribution in [3.63, 3.8) is 0 Å². The molecule has 2 heterocycles. The van der Waals surface area contributed by atoms with Gasteiger partial charge >= 0.3 is 0 Å². The van der Waals surface area contributed by atoms with Crippen LogP contribution >= 0.6 is 22.6 Å². The van der Waals surface area contributed by atoms with Crippen molar-refractivity contribution in [2.75, 3.05) is 24.5 Å². The van der Waals surface area contributed by atoms with Gasteiger partial charge in [0.05, 0.1) is 6.54 Å². The minimum atomic E-state index is -0.133. The highest BCUT2D eigenvalue weighted by molar-refractivity contribution is 14.1. The Labute approximate surface area is 155 Å².